The molecule has 3 aromatic carbocycles. The first-order valence-corrected chi connectivity index (χ1v) is 11.8. The van der Waals surface area contributed by atoms with Crippen molar-refractivity contribution in [2.24, 2.45) is 0 Å². The molecule has 0 unspecified atom stereocenters. The van der Waals surface area contributed by atoms with Gasteiger partial charge in [-0.1, -0.05) is 60.7 Å². The minimum absolute atomic E-state index is 0.0399. The average Bonchev–Trinajstić information content (AvgIpc) is 2.92. The first-order valence-electron chi connectivity index (χ1n) is 11.8. The Balaban J connectivity index is 1.40. The van der Waals surface area contributed by atoms with Gasteiger partial charge in [0.05, 0.1) is 16.7 Å². The van der Waals surface area contributed by atoms with Gasteiger partial charge < -0.3 is 10.2 Å². The van der Waals surface area contributed by atoms with E-state index in [4.69, 9.17) is 0 Å². The van der Waals surface area contributed by atoms with Gasteiger partial charge in [0.15, 0.2) is 0 Å². The largest absolute Gasteiger partial charge is 0.353 e. The first kappa shape index (κ1) is 24.3. The van der Waals surface area contributed by atoms with Gasteiger partial charge in [-0.15, -0.1) is 0 Å². The zero-order valence-electron chi connectivity index (χ0n) is 19.8. The Labute approximate surface area is 212 Å². The van der Waals surface area contributed by atoms with Crippen molar-refractivity contribution in [1.82, 2.24) is 14.9 Å². The molecule has 1 aromatic heterocycles. The van der Waals surface area contributed by atoms with Crippen molar-refractivity contribution in [3.8, 4) is 0 Å². The molecule has 1 N–H and O–H groups in total. The molecule has 37 heavy (non-hydrogen) atoms. The molecule has 0 spiro atoms. The van der Waals surface area contributed by atoms with E-state index in [0.29, 0.717) is 26.2 Å². The summed E-state index contributed by atoms with van der Waals surface area (Å²) in [5, 5.41) is 14.6. The van der Waals surface area contributed by atoms with Crippen molar-refractivity contribution < 1.29 is 13.7 Å². The lowest BCUT2D eigenvalue weighted by Crippen LogP contribution is -2.48. The molecule has 5 rings (SSSR count). The summed E-state index contributed by atoms with van der Waals surface area (Å²) >= 11 is 0. The third-order valence-electron chi connectivity index (χ3n) is 6.38. The molecule has 1 aliphatic rings. The molecular formula is C27H24F2N6O2. The van der Waals surface area contributed by atoms with Crippen LogP contribution in [0.2, 0.25) is 0 Å². The minimum atomic E-state index is -0.752. The molecule has 0 atom stereocenters. The molecule has 4 aromatic rings. The number of rotatable bonds is 7. The number of halogens is 2. The molecule has 0 bridgehead atoms. The maximum absolute atomic E-state index is 14.2. The van der Waals surface area contributed by atoms with E-state index in [1.165, 1.54) is 17.5 Å². The van der Waals surface area contributed by atoms with Gasteiger partial charge in [0, 0.05) is 32.2 Å². The summed E-state index contributed by atoms with van der Waals surface area (Å²) in [6, 6.07) is 23.3. The lowest BCUT2D eigenvalue weighted by Gasteiger charge is -2.40. The highest BCUT2D eigenvalue weighted by Gasteiger charge is 2.32. The molecule has 2 heterocycles. The average molecular weight is 503 g/mol. The van der Waals surface area contributed by atoms with Crippen molar-refractivity contribution in [2.45, 2.75) is 6.04 Å². The van der Waals surface area contributed by atoms with Crippen LogP contribution in [0.15, 0.2) is 85.2 Å². The van der Waals surface area contributed by atoms with Crippen LogP contribution in [0, 0.1) is 21.7 Å². The van der Waals surface area contributed by atoms with Gasteiger partial charge >= 0.3 is 5.69 Å². The van der Waals surface area contributed by atoms with Gasteiger partial charge in [-0.25, -0.2) is 18.7 Å². The second-order valence-electron chi connectivity index (χ2n) is 8.65. The third-order valence-corrected chi connectivity index (χ3v) is 6.38. The number of nitrogens with zero attached hydrogens (tertiary/aromatic N) is 5. The number of hydrogen-bond donors (Lipinski definition) is 1. The molecule has 188 valence electrons. The highest BCUT2D eigenvalue weighted by Crippen LogP contribution is 2.36. The Morgan fingerprint density at radius 1 is 0.865 bits per heavy atom. The van der Waals surface area contributed by atoms with Crippen LogP contribution in [0.1, 0.15) is 17.2 Å². The molecule has 1 aliphatic heterocycles. The Morgan fingerprint density at radius 2 is 1.49 bits per heavy atom. The van der Waals surface area contributed by atoms with E-state index in [0.717, 1.165) is 18.2 Å². The zero-order valence-corrected chi connectivity index (χ0v) is 19.8. The second kappa shape index (κ2) is 10.7. The van der Waals surface area contributed by atoms with Gasteiger partial charge in [-0.2, -0.15) is 0 Å². The van der Waals surface area contributed by atoms with Gasteiger partial charge in [0.2, 0.25) is 11.6 Å². The number of hydrogen-bond acceptors (Lipinski definition) is 7. The summed E-state index contributed by atoms with van der Waals surface area (Å²) in [6.45, 7) is 2.25. The van der Waals surface area contributed by atoms with Crippen LogP contribution >= 0.6 is 0 Å². The van der Waals surface area contributed by atoms with Crippen molar-refractivity contribution in [3.05, 3.63) is 118 Å². The van der Waals surface area contributed by atoms with E-state index in [1.807, 2.05) is 41.3 Å². The number of nitro groups is 1. The number of piperazine rings is 1. The van der Waals surface area contributed by atoms with Crippen LogP contribution in [0.25, 0.3) is 0 Å². The highest BCUT2D eigenvalue weighted by atomic mass is 19.1. The fraction of sp³-hybridized carbons (Fsp3) is 0.185. The summed E-state index contributed by atoms with van der Waals surface area (Å²) < 4.78 is 27.8. The molecule has 10 heteroatoms. The molecule has 0 saturated carbocycles. The Morgan fingerprint density at radius 3 is 2.08 bits per heavy atom. The lowest BCUT2D eigenvalue weighted by molar-refractivity contribution is -0.383. The van der Waals surface area contributed by atoms with E-state index >= 15 is 0 Å². The standard InChI is InChI=1S/C27H24F2N6O2/c28-21-11-12-22(29)23(17-21)32-26-25(35(36)37)27(31-18-30-26)34-15-13-33(14-16-34)24(19-7-3-1-4-8-19)20-9-5-2-6-10-20/h1-12,17-18,24H,13-16H2,(H,30,31,32). The van der Waals surface area contributed by atoms with Gasteiger partial charge in [0.25, 0.3) is 0 Å². The van der Waals surface area contributed by atoms with Crippen LogP contribution in [0.4, 0.5) is 31.8 Å². The van der Waals surface area contributed by atoms with Gasteiger partial charge in [-0.3, -0.25) is 15.0 Å². The molecule has 1 saturated heterocycles. The number of anilines is 3. The SMILES string of the molecule is O=[N+]([O-])c1c(Nc2cc(F)ccc2F)ncnc1N1CCN(C(c2ccccc2)c2ccccc2)CC1. The van der Waals surface area contributed by atoms with Crippen LogP contribution in [-0.2, 0) is 0 Å². The summed E-state index contributed by atoms with van der Waals surface area (Å²) in [4.78, 5) is 23.8. The molecular weight excluding hydrogens is 478 g/mol. The van der Waals surface area contributed by atoms with Gasteiger partial charge in [-0.05, 0) is 23.3 Å². The third kappa shape index (κ3) is 5.24. The molecule has 0 aliphatic carbocycles. The van der Waals surface area contributed by atoms with E-state index in [-0.39, 0.29) is 29.1 Å². The van der Waals surface area contributed by atoms with Crippen molar-refractivity contribution in [3.63, 3.8) is 0 Å². The quantitative estimate of drug-likeness (QED) is 0.270. The molecule has 1 fully saturated rings. The number of benzene rings is 3. The van der Waals surface area contributed by atoms with Crippen molar-refractivity contribution in [2.75, 3.05) is 36.4 Å². The van der Waals surface area contributed by atoms with Crippen LogP contribution < -0.4 is 10.2 Å². The minimum Gasteiger partial charge on any atom is -0.348 e. The van der Waals surface area contributed by atoms with Crippen LogP contribution in [0.3, 0.4) is 0 Å². The van der Waals surface area contributed by atoms with Crippen LogP contribution in [0.5, 0.6) is 0 Å². The van der Waals surface area contributed by atoms with Crippen molar-refractivity contribution >= 4 is 23.0 Å². The maximum Gasteiger partial charge on any atom is 0.353 e. The highest BCUT2D eigenvalue weighted by molar-refractivity contribution is 5.74. The van der Waals surface area contributed by atoms with E-state index in [9.17, 15) is 18.9 Å². The predicted octanol–water partition coefficient (Wildman–Crippen LogP) is 5.32. The molecule has 8 nitrogen and oxygen atoms in total. The summed E-state index contributed by atoms with van der Waals surface area (Å²) in [6.07, 6.45) is 1.19. The Hall–Kier alpha value is -4.44. The number of aromatic nitrogens is 2. The van der Waals surface area contributed by atoms with Crippen molar-refractivity contribution in [1.29, 1.82) is 0 Å². The first-order chi connectivity index (χ1) is 18.0. The molecule has 0 amide bonds. The topological polar surface area (TPSA) is 87.4 Å². The summed E-state index contributed by atoms with van der Waals surface area (Å²) in [5.74, 6) is -1.50. The summed E-state index contributed by atoms with van der Waals surface area (Å²) in [5.41, 5.74) is 1.70. The second-order valence-corrected chi connectivity index (χ2v) is 8.65. The van der Waals surface area contributed by atoms with E-state index in [1.54, 1.807) is 0 Å². The predicted molar refractivity (Wildman–Crippen MR) is 137 cm³/mol. The normalized spacial score (nSPS) is 14.1. The number of nitrogens with one attached hydrogen (secondary N) is 1. The fourth-order valence-electron chi connectivity index (χ4n) is 4.66. The van der Waals surface area contributed by atoms with Crippen LogP contribution in [-0.4, -0.2) is 46.0 Å². The Bertz CT molecular complexity index is 1340. The van der Waals surface area contributed by atoms with E-state index < -0.39 is 16.6 Å². The smallest absolute Gasteiger partial charge is 0.348 e. The summed E-state index contributed by atoms with van der Waals surface area (Å²) in [7, 11) is 0. The zero-order chi connectivity index (χ0) is 25.8. The van der Waals surface area contributed by atoms with E-state index in [2.05, 4.69) is 44.5 Å². The fourth-order valence-corrected chi connectivity index (χ4v) is 4.66. The Kier molecular flexibility index (Phi) is 7.00. The van der Waals surface area contributed by atoms with Gasteiger partial charge in [0.1, 0.15) is 18.0 Å². The lowest BCUT2D eigenvalue weighted by atomic mass is 9.96. The monoisotopic (exact) mass is 502 g/mol. The molecule has 0 radical (unpaired) electrons. The maximum atomic E-state index is 14.2.